The van der Waals surface area contributed by atoms with Crippen molar-refractivity contribution in [3.8, 4) is 0 Å². The molecule has 1 N–H and O–H groups in total. The highest BCUT2D eigenvalue weighted by Crippen LogP contribution is 2.19. The lowest BCUT2D eigenvalue weighted by Crippen LogP contribution is -2.10. The van der Waals surface area contributed by atoms with E-state index in [1.807, 2.05) is 13.0 Å². The van der Waals surface area contributed by atoms with Gasteiger partial charge in [0.05, 0.1) is 5.56 Å². The smallest absolute Gasteiger partial charge is 0.335 e. The van der Waals surface area contributed by atoms with E-state index in [0.717, 1.165) is 0 Å². The summed E-state index contributed by atoms with van der Waals surface area (Å²) in [4.78, 5) is 23.6. The van der Waals surface area contributed by atoms with Gasteiger partial charge in [-0.2, -0.15) is 0 Å². The molecule has 0 aliphatic heterocycles. The summed E-state index contributed by atoms with van der Waals surface area (Å²) in [6.07, 6.45) is 0.510. The number of hydrogen-bond acceptors (Lipinski definition) is 2. The van der Waals surface area contributed by atoms with Gasteiger partial charge in [-0.05, 0) is 18.1 Å². The summed E-state index contributed by atoms with van der Waals surface area (Å²) in [5.41, 5.74) is 1.82. The fourth-order valence-corrected chi connectivity index (χ4v) is 2.13. The van der Waals surface area contributed by atoms with Crippen molar-refractivity contribution in [2.24, 2.45) is 0 Å². The Balaban J connectivity index is 2.54. The Morgan fingerprint density at radius 1 is 0.947 bits per heavy atom. The molecule has 0 saturated heterocycles. The molecule has 0 aliphatic carbocycles. The SMILES string of the molecule is CCc1c(C(=O)O)cccc1C(=O)c1ccccc1. The number of carboxylic acids is 1. The Bertz CT molecular complexity index is 615. The van der Waals surface area contributed by atoms with Gasteiger partial charge in [-0.15, -0.1) is 0 Å². The lowest BCUT2D eigenvalue weighted by Gasteiger charge is -2.10. The predicted molar refractivity (Wildman–Crippen MR) is 72.7 cm³/mol. The molecule has 0 spiro atoms. The van der Waals surface area contributed by atoms with Gasteiger partial charge in [0, 0.05) is 11.1 Å². The van der Waals surface area contributed by atoms with Crippen LogP contribution in [0.25, 0.3) is 0 Å². The van der Waals surface area contributed by atoms with Crippen LogP contribution in [0.3, 0.4) is 0 Å². The van der Waals surface area contributed by atoms with Crippen molar-refractivity contribution in [2.45, 2.75) is 13.3 Å². The summed E-state index contributed by atoms with van der Waals surface area (Å²) in [6.45, 7) is 1.85. The Morgan fingerprint density at radius 3 is 2.16 bits per heavy atom. The molecule has 2 aromatic carbocycles. The quantitative estimate of drug-likeness (QED) is 0.852. The van der Waals surface area contributed by atoms with E-state index in [2.05, 4.69) is 0 Å². The molecule has 3 nitrogen and oxygen atoms in total. The molecule has 2 rings (SSSR count). The molecule has 0 aliphatic rings. The fourth-order valence-electron chi connectivity index (χ4n) is 2.13. The maximum absolute atomic E-state index is 12.4. The van der Waals surface area contributed by atoms with E-state index in [9.17, 15) is 9.59 Å². The fraction of sp³-hybridized carbons (Fsp3) is 0.125. The van der Waals surface area contributed by atoms with Gasteiger partial charge in [0.15, 0.2) is 5.78 Å². The molecule has 96 valence electrons. The van der Waals surface area contributed by atoms with Crippen LogP contribution >= 0.6 is 0 Å². The van der Waals surface area contributed by atoms with E-state index >= 15 is 0 Å². The number of carbonyl (C=O) groups excluding carboxylic acids is 1. The molecule has 0 fully saturated rings. The first-order valence-electron chi connectivity index (χ1n) is 6.10. The summed E-state index contributed by atoms with van der Waals surface area (Å²) >= 11 is 0. The standard InChI is InChI=1S/C16H14O3/c1-2-12-13(9-6-10-14(12)16(18)19)15(17)11-7-4-3-5-8-11/h3-10H,2H2,1H3,(H,18,19). The van der Waals surface area contributed by atoms with E-state index in [-0.39, 0.29) is 11.3 Å². The summed E-state index contributed by atoms with van der Waals surface area (Å²) in [5.74, 6) is -1.14. The Labute approximate surface area is 111 Å². The van der Waals surface area contributed by atoms with Gasteiger partial charge in [0.2, 0.25) is 0 Å². The van der Waals surface area contributed by atoms with Crippen molar-refractivity contribution >= 4 is 11.8 Å². The number of aromatic carboxylic acids is 1. The van der Waals surface area contributed by atoms with E-state index in [0.29, 0.717) is 23.1 Å². The first kappa shape index (κ1) is 13.0. The molecule has 0 atom stereocenters. The van der Waals surface area contributed by atoms with Crippen LogP contribution in [0.15, 0.2) is 48.5 Å². The largest absolute Gasteiger partial charge is 0.478 e. The molecule has 0 heterocycles. The zero-order chi connectivity index (χ0) is 13.8. The summed E-state index contributed by atoms with van der Waals surface area (Å²) in [6, 6.07) is 13.7. The predicted octanol–water partition coefficient (Wildman–Crippen LogP) is 3.18. The molecule has 2 aromatic rings. The highest BCUT2D eigenvalue weighted by Gasteiger charge is 2.17. The van der Waals surface area contributed by atoms with Crippen molar-refractivity contribution < 1.29 is 14.7 Å². The molecule has 0 saturated carbocycles. The van der Waals surface area contributed by atoms with Gasteiger partial charge in [-0.1, -0.05) is 49.4 Å². The third-order valence-corrected chi connectivity index (χ3v) is 3.04. The zero-order valence-corrected chi connectivity index (χ0v) is 10.6. The summed E-state index contributed by atoms with van der Waals surface area (Å²) < 4.78 is 0. The van der Waals surface area contributed by atoms with Crippen molar-refractivity contribution in [3.05, 3.63) is 70.8 Å². The lowest BCUT2D eigenvalue weighted by atomic mass is 9.93. The average Bonchev–Trinajstić information content (AvgIpc) is 2.46. The molecule has 0 bridgehead atoms. The van der Waals surface area contributed by atoms with E-state index < -0.39 is 5.97 Å². The maximum atomic E-state index is 12.4. The molecule has 0 unspecified atom stereocenters. The Morgan fingerprint density at radius 2 is 1.58 bits per heavy atom. The van der Waals surface area contributed by atoms with Crippen LogP contribution in [0.4, 0.5) is 0 Å². The van der Waals surface area contributed by atoms with E-state index in [1.165, 1.54) is 6.07 Å². The van der Waals surface area contributed by atoms with Crippen molar-refractivity contribution in [1.82, 2.24) is 0 Å². The second-order valence-corrected chi connectivity index (χ2v) is 4.19. The molecular formula is C16H14O3. The van der Waals surface area contributed by atoms with Crippen molar-refractivity contribution in [3.63, 3.8) is 0 Å². The topological polar surface area (TPSA) is 54.4 Å². The van der Waals surface area contributed by atoms with Crippen molar-refractivity contribution in [1.29, 1.82) is 0 Å². The number of ketones is 1. The highest BCUT2D eigenvalue weighted by molar-refractivity contribution is 6.11. The van der Waals surface area contributed by atoms with E-state index in [4.69, 9.17) is 5.11 Å². The number of rotatable bonds is 4. The van der Waals surface area contributed by atoms with Crippen LogP contribution in [0.1, 0.15) is 38.8 Å². The molecular weight excluding hydrogens is 240 g/mol. The van der Waals surface area contributed by atoms with Crippen LogP contribution in [0, 0.1) is 0 Å². The molecule has 19 heavy (non-hydrogen) atoms. The molecule has 0 amide bonds. The average molecular weight is 254 g/mol. The molecule has 0 radical (unpaired) electrons. The van der Waals surface area contributed by atoms with Gasteiger partial charge in [0.25, 0.3) is 0 Å². The monoisotopic (exact) mass is 254 g/mol. The minimum Gasteiger partial charge on any atom is -0.478 e. The van der Waals surface area contributed by atoms with Crippen LogP contribution < -0.4 is 0 Å². The normalized spacial score (nSPS) is 10.2. The second kappa shape index (κ2) is 5.48. The van der Waals surface area contributed by atoms with Crippen molar-refractivity contribution in [2.75, 3.05) is 0 Å². The molecule has 0 aromatic heterocycles. The maximum Gasteiger partial charge on any atom is 0.335 e. The minimum atomic E-state index is -1.00. The van der Waals surface area contributed by atoms with Gasteiger partial charge >= 0.3 is 5.97 Å². The third-order valence-electron chi connectivity index (χ3n) is 3.04. The Hall–Kier alpha value is -2.42. The van der Waals surface area contributed by atoms with Gasteiger partial charge in [0.1, 0.15) is 0 Å². The summed E-state index contributed by atoms with van der Waals surface area (Å²) in [5, 5.41) is 9.16. The lowest BCUT2D eigenvalue weighted by molar-refractivity contribution is 0.0695. The van der Waals surface area contributed by atoms with Crippen LogP contribution in [-0.4, -0.2) is 16.9 Å². The first-order chi connectivity index (χ1) is 9.15. The molecule has 3 heteroatoms. The van der Waals surface area contributed by atoms with Gasteiger partial charge in [-0.3, -0.25) is 4.79 Å². The van der Waals surface area contributed by atoms with Gasteiger partial charge < -0.3 is 5.11 Å². The van der Waals surface area contributed by atoms with Crippen LogP contribution in [-0.2, 0) is 6.42 Å². The van der Waals surface area contributed by atoms with Crippen LogP contribution in [0.5, 0.6) is 0 Å². The highest BCUT2D eigenvalue weighted by atomic mass is 16.4. The summed E-state index contributed by atoms with van der Waals surface area (Å²) in [7, 11) is 0. The van der Waals surface area contributed by atoms with E-state index in [1.54, 1.807) is 36.4 Å². The number of hydrogen-bond donors (Lipinski definition) is 1. The Kier molecular flexibility index (Phi) is 3.76. The zero-order valence-electron chi connectivity index (χ0n) is 10.6. The van der Waals surface area contributed by atoms with Crippen LogP contribution in [0.2, 0.25) is 0 Å². The number of carboxylic acid groups (broad SMARTS) is 1. The third kappa shape index (κ3) is 2.55. The number of carbonyl (C=O) groups is 2. The van der Waals surface area contributed by atoms with Gasteiger partial charge in [-0.25, -0.2) is 4.79 Å². The number of benzene rings is 2. The minimum absolute atomic E-state index is 0.138. The first-order valence-corrected chi connectivity index (χ1v) is 6.10. The second-order valence-electron chi connectivity index (χ2n) is 4.19.